The number of nitrogens with zero attached hydrogens (tertiary/aromatic N) is 3. The largest absolute Gasteiger partial charge is 0.462 e. The number of esters is 1. The number of hydrogen-bond acceptors (Lipinski definition) is 9. The third kappa shape index (κ3) is 8.58. The lowest BCUT2D eigenvalue weighted by Gasteiger charge is -2.37. The van der Waals surface area contributed by atoms with E-state index in [1.54, 1.807) is 57.3 Å². The maximum atomic E-state index is 14.5. The van der Waals surface area contributed by atoms with Crippen molar-refractivity contribution in [1.29, 1.82) is 0 Å². The molecule has 1 aliphatic carbocycles. The summed E-state index contributed by atoms with van der Waals surface area (Å²) >= 11 is 1.32. The van der Waals surface area contributed by atoms with Crippen LogP contribution in [-0.2, 0) is 29.8 Å². The van der Waals surface area contributed by atoms with E-state index in [0.29, 0.717) is 35.6 Å². The lowest BCUT2D eigenvalue weighted by Crippen LogP contribution is -2.57. The van der Waals surface area contributed by atoms with Gasteiger partial charge in [0.15, 0.2) is 0 Å². The molecule has 306 valence electrons. The second-order valence-electron chi connectivity index (χ2n) is 16.7. The monoisotopic (exact) mass is 825 g/mol. The van der Waals surface area contributed by atoms with Crippen molar-refractivity contribution in [2.24, 2.45) is 0 Å². The van der Waals surface area contributed by atoms with Crippen molar-refractivity contribution >= 4 is 52.6 Å². The number of pyridine rings is 1. The first-order valence-electron chi connectivity index (χ1n) is 20.6. The highest BCUT2D eigenvalue weighted by molar-refractivity contribution is 7.56. The van der Waals surface area contributed by atoms with Gasteiger partial charge >= 0.3 is 13.5 Å². The number of thiophene rings is 1. The molecular weight excluding hydrogens is 774 g/mol. The van der Waals surface area contributed by atoms with Gasteiger partial charge in [-0.3, -0.25) is 28.7 Å². The van der Waals surface area contributed by atoms with Gasteiger partial charge in [0.05, 0.1) is 17.1 Å². The molecule has 1 unspecified atom stereocenters. The van der Waals surface area contributed by atoms with E-state index in [1.807, 2.05) is 41.4 Å². The van der Waals surface area contributed by atoms with Crippen LogP contribution < -0.4 is 14.9 Å². The lowest BCUT2D eigenvalue weighted by molar-refractivity contribution is -0.149. The molecule has 5 heterocycles. The van der Waals surface area contributed by atoms with Crippen LogP contribution in [0, 0.1) is 0 Å². The minimum absolute atomic E-state index is 0.0176. The summed E-state index contributed by atoms with van der Waals surface area (Å²) in [5.41, 5.74) is 1.72. The third-order valence-corrected chi connectivity index (χ3v) is 15.2. The van der Waals surface area contributed by atoms with Crippen molar-refractivity contribution in [2.75, 3.05) is 6.54 Å². The average molecular weight is 826 g/mol. The fourth-order valence-corrected chi connectivity index (χ4v) is 12.1. The molecule has 3 saturated heterocycles. The second kappa shape index (κ2) is 16.6. The molecular formula is C44H52N5O7PS. The zero-order valence-electron chi connectivity index (χ0n) is 33.3. The number of amides is 3. The van der Waals surface area contributed by atoms with Gasteiger partial charge in [-0.15, -0.1) is 11.3 Å². The average Bonchev–Trinajstić information content (AvgIpc) is 3.48. The molecule has 0 bridgehead atoms. The molecule has 1 spiro atoms. The van der Waals surface area contributed by atoms with E-state index >= 15 is 0 Å². The molecule has 3 aliphatic heterocycles. The van der Waals surface area contributed by atoms with Crippen molar-refractivity contribution < 1.29 is 33.0 Å². The van der Waals surface area contributed by atoms with E-state index in [0.717, 1.165) is 60.6 Å². The van der Waals surface area contributed by atoms with Crippen molar-refractivity contribution in [3.63, 3.8) is 0 Å². The molecule has 14 heteroatoms. The van der Waals surface area contributed by atoms with Crippen molar-refractivity contribution in [3.8, 4) is 5.75 Å². The number of benzene rings is 2. The molecule has 1 saturated carbocycles. The molecule has 0 radical (unpaired) electrons. The maximum Gasteiger partial charge on any atom is 0.323 e. The number of aromatic nitrogens is 1. The number of hydrogen-bond donors (Lipinski definition) is 2. The van der Waals surface area contributed by atoms with Gasteiger partial charge in [-0.2, -0.15) is 0 Å². The Morgan fingerprint density at radius 2 is 1.78 bits per heavy atom. The number of fused-ring (bicyclic) bond motifs is 2. The van der Waals surface area contributed by atoms with Crippen LogP contribution >= 0.6 is 18.9 Å². The van der Waals surface area contributed by atoms with E-state index < -0.39 is 31.6 Å². The van der Waals surface area contributed by atoms with Crippen molar-refractivity contribution in [3.05, 3.63) is 95.1 Å². The van der Waals surface area contributed by atoms with Crippen LogP contribution in [0.5, 0.6) is 5.75 Å². The summed E-state index contributed by atoms with van der Waals surface area (Å²) < 4.78 is 26.6. The highest BCUT2D eigenvalue weighted by Crippen LogP contribution is 2.54. The van der Waals surface area contributed by atoms with Gasteiger partial charge < -0.3 is 24.4 Å². The molecule has 58 heavy (non-hydrogen) atoms. The normalized spacial score (nSPS) is 24.2. The molecule has 2 aromatic heterocycles. The van der Waals surface area contributed by atoms with E-state index in [1.165, 1.54) is 11.3 Å². The Morgan fingerprint density at radius 3 is 2.52 bits per heavy atom. The van der Waals surface area contributed by atoms with Crippen LogP contribution in [0.1, 0.15) is 105 Å². The number of rotatable bonds is 12. The fourth-order valence-electron chi connectivity index (χ4n) is 9.13. The first kappa shape index (κ1) is 40.2. The van der Waals surface area contributed by atoms with Gasteiger partial charge in [-0.1, -0.05) is 43.2 Å². The summed E-state index contributed by atoms with van der Waals surface area (Å²) in [5, 5.41) is 6.77. The number of nitrogens with one attached hydrogen (secondary N) is 2. The molecule has 12 nitrogen and oxygen atoms in total. The topological polar surface area (TPSA) is 147 Å². The van der Waals surface area contributed by atoms with Crippen LogP contribution in [0.2, 0.25) is 0 Å². The highest BCUT2D eigenvalue weighted by atomic mass is 32.1. The van der Waals surface area contributed by atoms with E-state index in [2.05, 4.69) is 26.4 Å². The highest BCUT2D eigenvalue weighted by Gasteiger charge is 2.58. The molecule has 4 aliphatic rings. The van der Waals surface area contributed by atoms with Crippen LogP contribution in [0.25, 0.3) is 10.1 Å². The Kier molecular flexibility index (Phi) is 11.5. The summed E-state index contributed by atoms with van der Waals surface area (Å²) in [6, 6.07) is 18.1. The molecule has 8 rings (SSSR count). The van der Waals surface area contributed by atoms with Gasteiger partial charge in [0.25, 0.3) is 5.91 Å². The van der Waals surface area contributed by atoms with Crippen LogP contribution in [0.15, 0.2) is 79.1 Å². The molecule has 4 fully saturated rings. The second-order valence-corrected chi connectivity index (χ2v) is 19.9. The standard InChI is InChI=1S/C44H52N5O7PS/c1-28(2)55-43(53)29(3)47-57(54,56-35-12-5-4-6-13-35)27-30-15-18-38-32(22-30)23-39(58-38)40(50)46-36-14-8-7-11-34-16-17-37(49(34)41(36)51)42(52)48-26-33(24-44(48)19-20-44)31-10-9-21-45-25-31/h4-6,9-10,12-13,15,18,21-23,25,28-29,33-34,36-37H,7-8,11,14,16-17,19-20,24,26-27H2,1-3H3,(H,46,50)(H,47,54)/t29-,33-,34-,36-,37-,57?/m0/s1. The Balaban J connectivity index is 0.967. The summed E-state index contributed by atoms with van der Waals surface area (Å²) in [7, 11) is -3.69. The Bertz CT molecular complexity index is 2210. The smallest absolute Gasteiger partial charge is 0.323 e. The van der Waals surface area contributed by atoms with Gasteiger partial charge in [0, 0.05) is 41.1 Å². The summed E-state index contributed by atoms with van der Waals surface area (Å²) in [6.07, 6.45) is 10.7. The van der Waals surface area contributed by atoms with Gasteiger partial charge in [-0.05, 0) is 119 Å². The Morgan fingerprint density at radius 1 is 0.983 bits per heavy atom. The summed E-state index contributed by atoms with van der Waals surface area (Å²) in [4.78, 5) is 64.2. The van der Waals surface area contributed by atoms with E-state index in [4.69, 9.17) is 9.26 Å². The number of carbonyl (C=O) groups excluding carboxylic acids is 4. The van der Waals surface area contributed by atoms with Crippen molar-refractivity contribution in [1.82, 2.24) is 25.2 Å². The van der Waals surface area contributed by atoms with Gasteiger partial charge in [-0.25, -0.2) is 5.09 Å². The van der Waals surface area contributed by atoms with Crippen LogP contribution in [0.4, 0.5) is 0 Å². The first-order valence-corrected chi connectivity index (χ1v) is 23.2. The molecule has 3 amide bonds. The SMILES string of the molecule is CC(C)OC(=O)[C@H](C)NP(=O)(Cc1ccc2sc(C(=O)N[C@H]3CCCC[C@H]4CC[C@@H](C(=O)N5C[C@@H](c6cccnc6)CC56CC6)N4C3=O)cc2c1)Oc1ccccc1. The maximum absolute atomic E-state index is 14.5. The molecule has 2 aromatic carbocycles. The summed E-state index contributed by atoms with van der Waals surface area (Å²) in [5.74, 6) is -0.363. The Labute approximate surface area is 343 Å². The predicted molar refractivity (Wildman–Crippen MR) is 223 cm³/mol. The molecule has 4 aromatic rings. The minimum atomic E-state index is -3.69. The third-order valence-electron chi connectivity index (χ3n) is 12.1. The molecule has 2 N–H and O–H groups in total. The zero-order valence-corrected chi connectivity index (χ0v) is 35.0. The number of ether oxygens (including phenoxy) is 1. The quantitative estimate of drug-likeness (QED) is 0.109. The predicted octanol–water partition coefficient (Wildman–Crippen LogP) is 7.58. The van der Waals surface area contributed by atoms with E-state index in [-0.39, 0.29) is 47.5 Å². The fraction of sp³-hybridized carbons (Fsp3) is 0.477. The summed E-state index contributed by atoms with van der Waals surface area (Å²) in [6.45, 7) is 5.74. The minimum Gasteiger partial charge on any atom is -0.462 e. The lowest BCUT2D eigenvalue weighted by atomic mass is 9.97. The van der Waals surface area contributed by atoms with Gasteiger partial charge in [0.2, 0.25) is 11.8 Å². The van der Waals surface area contributed by atoms with Crippen molar-refractivity contribution in [2.45, 2.75) is 126 Å². The van der Waals surface area contributed by atoms with E-state index in [9.17, 15) is 23.7 Å². The van der Waals surface area contributed by atoms with Crippen LogP contribution in [0.3, 0.4) is 0 Å². The van der Waals surface area contributed by atoms with Gasteiger partial charge in [0.1, 0.15) is 23.9 Å². The molecule has 6 atom stereocenters. The number of carbonyl (C=O) groups is 4. The van der Waals surface area contributed by atoms with Crippen LogP contribution in [-0.4, -0.2) is 80.8 Å². The number of para-hydroxylation sites is 1. The number of likely N-dealkylation sites (tertiary alicyclic amines) is 1. The first-order chi connectivity index (χ1) is 27.9. The zero-order chi connectivity index (χ0) is 40.6. The Hall–Kier alpha value is -4.58.